The highest BCUT2D eigenvalue weighted by molar-refractivity contribution is 7.25. The van der Waals surface area contributed by atoms with Crippen LogP contribution >= 0.6 is 11.3 Å². The van der Waals surface area contributed by atoms with Gasteiger partial charge in [0.15, 0.2) is 0 Å². The third-order valence-electron chi connectivity index (χ3n) is 11.8. The van der Waals surface area contributed by atoms with Crippen LogP contribution in [-0.4, -0.2) is 0 Å². The van der Waals surface area contributed by atoms with Crippen molar-refractivity contribution >= 4 is 70.1 Å². The van der Waals surface area contributed by atoms with Gasteiger partial charge in [0, 0.05) is 42.6 Å². The van der Waals surface area contributed by atoms with Crippen LogP contribution in [0, 0.1) is 0 Å². The van der Waals surface area contributed by atoms with E-state index < -0.39 is 0 Å². The molecular formula is C53H37NS. The number of thiophene rings is 1. The van der Waals surface area contributed by atoms with E-state index in [1.165, 1.54) is 86.2 Å². The van der Waals surface area contributed by atoms with Gasteiger partial charge < -0.3 is 4.90 Å². The van der Waals surface area contributed by atoms with Gasteiger partial charge in [0.2, 0.25) is 0 Å². The first kappa shape index (κ1) is 32.0. The fourth-order valence-corrected chi connectivity index (χ4v) is 10.2. The SMILES string of the molecule is CC1(C)c2ccccc2-c2c(-c3ccc4cc(N(c5ccc(-c6ccccc6)cc5)c5ccc6sc7ccccc7c6c5)ccc4c3)cc3ccccc3c21. The van der Waals surface area contributed by atoms with E-state index in [9.17, 15) is 0 Å². The highest BCUT2D eigenvalue weighted by Crippen LogP contribution is 2.55. The predicted molar refractivity (Wildman–Crippen MR) is 237 cm³/mol. The zero-order chi connectivity index (χ0) is 36.7. The van der Waals surface area contributed by atoms with Gasteiger partial charge in [-0.25, -0.2) is 0 Å². The molecule has 0 radical (unpaired) electrons. The lowest BCUT2D eigenvalue weighted by Gasteiger charge is -2.26. The van der Waals surface area contributed by atoms with E-state index in [-0.39, 0.29) is 5.41 Å². The monoisotopic (exact) mass is 719 g/mol. The highest BCUT2D eigenvalue weighted by atomic mass is 32.1. The average molecular weight is 720 g/mol. The molecule has 1 aliphatic carbocycles. The van der Waals surface area contributed by atoms with Crippen LogP contribution in [0.15, 0.2) is 188 Å². The second-order valence-electron chi connectivity index (χ2n) is 15.3. The Balaban J connectivity index is 1.06. The molecule has 1 aliphatic rings. The summed E-state index contributed by atoms with van der Waals surface area (Å²) in [6.07, 6.45) is 0. The van der Waals surface area contributed by atoms with Gasteiger partial charge in [0.05, 0.1) is 0 Å². The lowest BCUT2D eigenvalue weighted by molar-refractivity contribution is 0.666. The minimum atomic E-state index is -0.0889. The molecule has 0 bridgehead atoms. The van der Waals surface area contributed by atoms with Crippen LogP contribution in [-0.2, 0) is 5.41 Å². The maximum atomic E-state index is 2.41. The first-order valence-electron chi connectivity index (χ1n) is 19.1. The first-order valence-corrected chi connectivity index (χ1v) is 19.9. The van der Waals surface area contributed by atoms with Gasteiger partial charge in [-0.2, -0.15) is 0 Å². The molecule has 1 heterocycles. The highest BCUT2D eigenvalue weighted by Gasteiger charge is 2.38. The topological polar surface area (TPSA) is 3.24 Å². The van der Waals surface area contributed by atoms with E-state index in [1.807, 2.05) is 11.3 Å². The Morgan fingerprint density at radius 1 is 0.400 bits per heavy atom. The lowest BCUT2D eigenvalue weighted by Crippen LogP contribution is -2.15. The third kappa shape index (κ3) is 5.06. The lowest BCUT2D eigenvalue weighted by atomic mass is 9.79. The van der Waals surface area contributed by atoms with Gasteiger partial charge in [-0.05, 0) is 127 Å². The van der Waals surface area contributed by atoms with Gasteiger partial charge in [0.1, 0.15) is 0 Å². The van der Waals surface area contributed by atoms with Crippen molar-refractivity contribution in [3.63, 3.8) is 0 Å². The summed E-state index contributed by atoms with van der Waals surface area (Å²) in [6, 6.07) is 69.6. The molecule has 55 heavy (non-hydrogen) atoms. The second-order valence-corrected chi connectivity index (χ2v) is 16.4. The number of fused-ring (bicyclic) bond motifs is 9. The van der Waals surface area contributed by atoms with E-state index in [1.54, 1.807) is 0 Å². The molecular weight excluding hydrogens is 683 g/mol. The Bertz CT molecular complexity index is 3110. The molecule has 0 N–H and O–H groups in total. The minimum Gasteiger partial charge on any atom is -0.310 e. The molecule has 0 fully saturated rings. The summed E-state index contributed by atoms with van der Waals surface area (Å²) < 4.78 is 2.63. The molecule has 0 saturated heterocycles. The zero-order valence-corrected chi connectivity index (χ0v) is 31.6. The van der Waals surface area contributed by atoms with Crippen molar-refractivity contribution in [1.82, 2.24) is 0 Å². The van der Waals surface area contributed by atoms with Crippen LogP contribution in [0.2, 0.25) is 0 Å². The van der Waals surface area contributed by atoms with E-state index in [4.69, 9.17) is 0 Å². The summed E-state index contributed by atoms with van der Waals surface area (Å²) >= 11 is 1.86. The Morgan fingerprint density at radius 2 is 1.02 bits per heavy atom. The number of rotatable bonds is 5. The average Bonchev–Trinajstić information content (AvgIpc) is 3.73. The van der Waals surface area contributed by atoms with Gasteiger partial charge >= 0.3 is 0 Å². The molecule has 0 unspecified atom stereocenters. The zero-order valence-electron chi connectivity index (χ0n) is 30.8. The van der Waals surface area contributed by atoms with Crippen molar-refractivity contribution in [2.45, 2.75) is 19.3 Å². The third-order valence-corrected chi connectivity index (χ3v) is 12.9. The molecule has 1 aromatic heterocycles. The molecule has 0 spiro atoms. The fourth-order valence-electron chi connectivity index (χ4n) is 9.16. The van der Waals surface area contributed by atoms with Crippen molar-refractivity contribution < 1.29 is 0 Å². The van der Waals surface area contributed by atoms with Gasteiger partial charge in [0.25, 0.3) is 0 Å². The molecule has 11 rings (SSSR count). The predicted octanol–water partition coefficient (Wildman–Crippen LogP) is 15.5. The van der Waals surface area contributed by atoms with Crippen LogP contribution in [0.1, 0.15) is 25.0 Å². The molecule has 0 saturated carbocycles. The van der Waals surface area contributed by atoms with Crippen molar-refractivity contribution in [3.05, 3.63) is 199 Å². The molecule has 260 valence electrons. The largest absolute Gasteiger partial charge is 0.310 e. The Morgan fingerprint density at radius 3 is 1.89 bits per heavy atom. The Labute approximate surface area is 325 Å². The first-order chi connectivity index (χ1) is 27.0. The molecule has 1 nitrogen and oxygen atoms in total. The Hall–Kier alpha value is -6.48. The van der Waals surface area contributed by atoms with E-state index in [2.05, 4.69) is 207 Å². The molecule has 10 aromatic rings. The van der Waals surface area contributed by atoms with Crippen molar-refractivity contribution in [2.75, 3.05) is 4.90 Å². The molecule has 0 amide bonds. The van der Waals surface area contributed by atoms with Crippen LogP contribution in [0.3, 0.4) is 0 Å². The quantitative estimate of drug-likeness (QED) is 0.171. The number of hydrogen-bond acceptors (Lipinski definition) is 2. The van der Waals surface area contributed by atoms with Crippen molar-refractivity contribution in [1.29, 1.82) is 0 Å². The van der Waals surface area contributed by atoms with Gasteiger partial charge in [-0.15, -0.1) is 11.3 Å². The summed E-state index contributed by atoms with van der Waals surface area (Å²) in [5.41, 5.74) is 13.8. The summed E-state index contributed by atoms with van der Waals surface area (Å²) in [4.78, 5) is 2.41. The number of nitrogens with zero attached hydrogens (tertiary/aromatic N) is 1. The van der Waals surface area contributed by atoms with Crippen molar-refractivity contribution in [2.24, 2.45) is 0 Å². The summed E-state index contributed by atoms with van der Waals surface area (Å²) in [5.74, 6) is 0. The van der Waals surface area contributed by atoms with Crippen LogP contribution in [0.25, 0.3) is 75.1 Å². The molecule has 0 atom stereocenters. The summed E-state index contributed by atoms with van der Waals surface area (Å²) in [5, 5.41) is 7.68. The van der Waals surface area contributed by atoms with E-state index in [0.29, 0.717) is 0 Å². The van der Waals surface area contributed by atoms with E-state index in [0.717, 1.165) is 17.1 Å². The normalized spacial score (nSPS) is 13.1. The number of hydrogen-bond donors (Lipinski definition) is 0. The van der Waals surface area contributed by atoms with Crippen molar-refractivity contribution in [3.8, 4) is 33.4 Å². The smallest absolute Gasteiger partial charge is 0.0468 e. The van der Waals surface area contributed by atoms with Crippen LogP contribution in [0.4, 0.5) is 17.1 Å². The maximum Gasteiger partial charge on any atom is 0.0468 e. The van der Waals surface area contributed by atoms with E-state index >= 15 is 0 Å². The maximum absolute atomic E-state index is 2.41. The molecule has 9 aromatic carbocycles. The molecule has 2 heteroatoms. The number of anilines is 3. The Kier molecular flexibility index (Phi) is 7.14. The summed E-state index contributed by atoms with van der Waals surface area (Å²) in [7, 11) is 0. The van der Waals surface area contributed by atoms with Crippen LogP contribution in [0.5, 0.6) is 0 Å². The van der Waals surface area contributed by atoms with Gasteiger partial charge in [-0.1, -0.05) is 141 Å². The second kappa shape index (κ2) is 12.3. The van der Waals surface area contributed by atoms with Gasteiger partial charge in [-0.3, -0.25) is 0 Å². The number of benzene rings is 9. The molecule has 0 aliphatic heterocycles. The minimum absolute atomic E-state index is 0.0889. The summed E-state index contributed by atoms with van der Waals surface area (Å²) in [6.45, 7) is 4.77. The van der Waals surface area contributed by atoms with Crippen LogP contribution < -0.4 is 4.90 Å². The fraction of sp³-hybridized carbons (Fsp3) is 0.0566. The standard InChI is InChI=1S/C53H37NS/c1-53(2)48-18-10-8-17-45(48)51-46(32-38-14-6-7-15-43(38)52(51)53)39-21-20-37-31-41(27-24-36(37)30-39)54(40-25-22-35(23-26-40)34-12-4-3-5-13-34)42-28-29-50-47(33-42)44-16-9-11-19-49(44)55-50/h3-33H,1-2H3.